The first kappa shape index (κ1) is 15.2. The second-order valence-electron chi connectivity index (χ2n) is 5.13. The zero-order valence-electron chi connectivity index (χ0n) is 12.4. The number of hydrogen-bond donors (Lipinski definition) is 2. The molecule has 1 aromatic carbocycles. The molecule has 0 fully saturated rings. The van der Waals surface area contributed by atoms with Crippen LogP contribution in [0.3, 0.4) is 0 Å². The Morgan fingerprint density at radius 2 is 2.17 bits per heavy atom. The molecule has 0 atom stereocenters. The molecule has 0 aliphatic rings. The third kappa shape index (κ3) is 2.37. The van der Waals surface area contributed by atoms with Crippen molar-refractivity contribution in [1.29, 1.82) is 0 Å². The summed E-state index contributed by atoms with van der Waals surface area (Å²) >= 11 is 9.65. The van der Waals surface area contributed by atoms with Gasteiger partial charge >= 0.3 is 0 Å². The minimum Gasteiger partial charge on any atom is -0.449 e. The third-order valence-electron chi connectivity index (χ3n) is 3.65. The maximum absolute atomic E-state index is 12.4. The van der Waals surface area contributed by atoms with E-state index in [1.807, 2.05) is 12.1 Å². The highest BCUT2D eigenvalue weighted by atomic mass is 79.9. The second kappa shape index (κ2) is 5.61. The van der Waals surface area contributed by atoms with E-state index in [9.17, 15) is 4.79 Å². The highest BCUT2D eigenvalue weighted by molar-refractivity contribution is 9.10. The van der Waals surface area contributed by atoms with Crippen molar-refractivity contribution in [3.05, 3.63) is 50.3 Å². The van der Waals surface area contributed by atoms with E-state index in [2.05, 4.69) is 36.2 Å². The Balaban J connectivity index is 2.06. The van der Waals surface area contributed by atoms with E-state index in [0.29, 0.717) is 33.3 Å². The second-order valence-corrected chi connectivity index (χ2v) is 6.46. The van der Waals surface area contributed by atoms with Gasteiger partial charge in [0.2, 0.25) is 5.58 Å². The number of nitrogens with one attached hydrogen (secondary N) is 2. The molecular formula is C16H10BrClN4O2. The van der Waals surface area contributed by atoms with E-state index >= 15 is 0 Å². The summed E-state index contributed by atoms with van der Waals surface area (Å²) in [6, 6.07) is 7.23. The van der Waals surface area contributed by atoms with Crippen molar-refractivity contribution in [3.63, 3.8) is 0 Å². The number of benzene rings is 1. The summed E-state index contributed by atoms with van der Waals surface area (Å²) in [5.41, 5.74) is 1.50. The van der Waals surface area contributed by atoms with Crippen LogP contribution in [0.1, 0.15) is 0 Å². The fraction of sp³-hybridized carbons (Fsp3) is 0.0625. The Hall–Kier alpha value is -2.38. The first-order valence-corrected chi connectivity index (χ1v) is 8.19. The Morgan fingerprint density at radius 3 is 2.96 bits per heavy atom. The number of aromatic amines is 1. The number of halogens is 2. The average Bonchev–Trinajstić information content (AvgIpc) is 2.94. The average molecular weight is 406 g/mol. The molecule has 4 rings (SSSR count). The Morgan fingerprint density at radius 1 is 1.33 bits per heavy atom. The topological polar surface area (TPSA) is 83.8 Å². The number of fused-ring (bicyclic) bond motifs is 3. The normalized spacial score (nSPS) is 11.3. The molecular weight excluding hydrogens is 396 g/mol. The van der Waals surface area contributed by atoms with Crippen molar-refractivity contribution < 1.29 is 4.42 Å². The number of pyridine rings is 1. The Bertz CT molecular complexity index is 1150. The summed E-state index contributed by atoms with van der Waals surface area (Å²) in [6.07, 6.45) is 1.51. The van der Waals surface area contributed by atoms with Crippen LogP contribution >= 0.6 is 27.5 Å². The van der Waals surface area contributed by atoms with Crippen LogP contribution in [0.5, 0.6) is 0 Å². The van der Waals surface area contributed by atoms with E-state index < -0.39 is 0 Å². The standard InChI is InChI=1S/C16H10BrClN4O2/c1-19-12-5-8(10(18)6-20-12)15-21-13-9-4-7(17)2-3-11(9)24-14(13)16(23)22-15/h2-6H,1H3,(H,19,20)(H,21,22,23). The first-order chi connectivity index (χ1) is 11.6. The lowest BCUT2D eigenvalue weighted by Gasteiger charge is -2.06. The molecule has 0 aliphatic carbocycles. The van der Waals surface area contributed by atoms with Crippen molar-refractivity contribution in [2.75, 3.05) is 12.4 Å². The van der Waals surface area contributed by atoms with Gasteiger partial charge in [0.15, 0.2) is 0 Å². The van der Waals surface area contributed by atoms with E-state index in [4.69, 9.17) is 16.0 Å². The zero-order chi connectivity index (χ0) is 16.8. The minimum atomic E-state index is -0.360. The van der Waals surface area contributed by atoms with Gasteiger partial charge in [-0.3, -0.25) is 4.79 Å². The molecule has 0 aliphatic heterocycles. The SMILES string of the molecule is CNc1cc(-c2nc3c(oc4ccc(Br)cc43)c(=O)[nH]2)c(Cl)cn1. The van der Waals surface area contributed by atoms with Crippen molar-refractivity contribution in [2.24, 2.45) is 0 Å². The highest BCUT2D eigenvalue weighted by Crippen LogP contribution is 2.31. The number of rotatable bonds is 2. The van der Waals surface area contributed by atoms with Crippen LogP contribution in [0.2, 0.25) is 5.02 Å². The minimum absolute atomic E-state index is 0.186. The molecule has 0 saturated carbocycles. The van der Waals surface area contributed by atoms with Crippen LogP contribution in [0.4, 0.5) is 5.82 Å². The maximum atomic E-state index is 12.4. The van der Waals surface area contributed by atoms with Crippen LogP contribution in [0.15, 0.2) is 44.1 Å². The fourth-order valence-corrected chi connectivity index (χ4v) is 3.06. The van der Waals surface area contributed by atoms with E-state index in [1.165, 1.54) is 6.20 Å². The maximum Gasteiger partial charge on any atom is 0.294 e. The van der Waals surface area contributed by atoms with Crippen molar-refractivity contribution in [3.8, 4) is 11.4 Å². The predicted octanol–water partition coefficient (Wildman–Crippen LogP) is 4.19. The summed E-state index contributed by atoms with van der Waals surface area (Å²) in [6.45, 7) is 0. The number of hydrogen-bond acceptors (Lipinski definition) is 5. The van der Waals surface area contributed by atoms with Crippen LogP contribution < -0.4 is 10.9 Å². The van der Waals surface area contributed by atoms with E-state index in [0.717, 1.165) is 9.86 Å². The molecule has 0 bridgehead atoms. The molecule has 8 heteroatoms. The Labute approximate surface area is 149 Å². The van der Waals surface area contributed by atoms with Crippen LogP contribution in [0.25, 0.3) is 33.5 Å². The molecule has 6 nitrogen and oxygen atoms in total. The van der Waals surface area contributed by atoms with Gasteiger partial charge in [-0.2, -0.15) is 0 Å². The van der Waals surface area contributed by atoms with Gasteiger partial charge < -0.3 is 14.7 Å². The van der Waals surface area contributed by atoms with Gasteiger partial charge in [-0.15, -0.1) is 0 Å². The molecule has 0 amide bonds. The largest absolute Gasteiger partial charge is 0.449 e. The summed E-state index contributed by atoms with van der Waals surface area (Å²) in [5, 5.41) is 4.08. The van der Waals surface area contributed by atoms with Gasteiger partial charge in [-0.25, -0.2) is 9.97 Å². The lowest BCUT2D eigenvalue weighted by atomic mass is 10.2. The monoisotopic (exact) mass is 404 g/mol. The summed E-state index contributed by atoms with van der Waals surface area (Å²) in [7, 11) is 1.75. The number of nitrogens with zero attached hydrogens (tertiary/aromatic N) is 2. The molecule has 3 heterocycles. The van der Waals surface area contributed by atoms with Crippen LogP contribution in [0, 0.1) is 0 Å². The number of anilines is 1. The molecule has 24 heavy (non-hydrogen) atoms. The first-order valence-electron chi connectivity index (χ1n) is 7.02. The highest BCUT2D eigenvalue weighted by Gasteiger charge is 2.16. The van der Waals surface area contributed by atoms with Crippen LogP contribution in [-0.4, -0.2) is 22.0 Å². The molecule has 120 valence electrons. The summed E-state index contributed by atoms with van der Waals surface area (Å²) in [5.74, 6) is 0.982. The molecule has 0 unspecified atom stereocenters. The van der Waals surface area contributed by atoms with Gasteiger partial charge in [0, 0.05) is 28.7 Å². The van der Waals surface area contributed by atoms with Crippen molar-refractivity contribution in [2.45, 2.75) is 0 Å². The lowest BCUT2D eigenvalue weighted by Crippen LogP contribution is -2.08. The quantitative estimate of drug-likeness (QED) is 0.522. The van der Waals surface area contributed by atoms with E-state index in [1.54, 1.807) is 19.2 Å². The molecule has 0 spiro atoms. The van der Waals surface area contributed by atoms with Crippen LogP contribution in [-0.2, 0) is 0 Å². The van der Waals surface area contributed by atoms with E-state index in [-0.39, 0.29) is 11.1 Å². The molecule has 0 saturated heterocycles. The predicted molar refractivity (Wildman–Crippen MR) is 97.6 cm³/mol. The van der Waals surface area contributed by atoms with Gasteiger partial charge in [0.05, 0.1) is 5.02 Å². The Kier molecular flexibility index (Phi) is 3.54. The number of furan rings is 1. The number of H-pyrrole nitrogens is 1. The van der Waals surface area contributed by atoms with Crippen molar-refractivity contribution in [1.82, 2.24) is 15.0 Å². The molecule has 4 aromatic rings. The fourth-order valence-electron chi connectivity index (χ4n) is 2.51. The van der Waals surface area contributed by atoms with Gasteiger partial charge in [0.25, 0.3) is 5.56 Å². The molecule has 3 aromatic heterocycles. The van der Waals surface area contributed by atoms with Gasteiger partial charge in [0.1, 0.15) is 22.7 Å². The zero-order valence-corrected chi connectivity index (χ0v) is 14.7. The smallest absolute Gasteiger partial charge is 0.294 e. The summed E-state index contributed by atoms with van der Waals surface area (Å²) < 4.78 is 6.50. The number of aromatic nitrogens is 3. The summed E-state index contributed by atoms with van der Waals surface area (Å²) in [4.78, 5) is 23.8. The van der Waals surface area contributed by atoms with Crippen molar-refractivity contribution >= 4 is 55.4 Å². The lowest BCUT2D eigenvalue weighted by molar-refractivity contribution is 0.661. The van der Waals surface area contributed by atoms with Gasteiger partial charge in [-0.1, -0.05) is 27.5 Å². The molecule has 2 N–H and O–H groups in total. The van der Waals surface area contributed by atoms with Gasteiger partial charge in [-0.05, 0) is 24.3 Å². The third-order valence-corrected chi connectivity index (χ3v) is 4.45. The molecule has 0 radical (unpaired) electrons.